The number of hydrogen-bond donors (Lipinski definition) is 3. The fourth-order valence-corrected chi connectivity index (χ4v) is 5.78. The van der Waals surface area contributed by atoms with Crippen LogP contribution in [-0.2, 0) is 14.8 Å². The average molecular weight is 626 g/mol. The van der Waals surface area contributed by atoms with E-state index in [1.165, 1.54) is 18.5 Å². The summed E-state index contributed by atoms with van der Waals surface area (Å²) in [6.45, 7) is 4.71. The molecule has 1 fully saturated rings. The lowest BCUT2D eigenvalue weighted by molar-refractivity contribution is -0.122. The van der Waals surface area contributed by atoms with E-state index in [4.69, 9.17) is 14.6 Å². The summed E-state index contributed by atoms with van der Waals surface area (Å²) in [5, 5.41) is 10.1. The number of aromatic nitrogens is 2. The number of sulfonamides is 1. The second-order valence-corrected chi connectivity index (χ2v) is 12.0. The van der Waals surface area contributed by atoms with Crippen molar-refractivity contribution in [3.63, 3.8) is 0 Å². The smallest absolute Gasteiger partial charge is 0.290 e. The van der Waals surface area contributed by atoms with Crippen LogP contribution in [0, 0.1) is 24.5 Å². The summed E-state index contributed by atoms with van der Waals surface area (Å²) in [7, 11) is -2.08. The highest BCUT2D eigenvalue weighted by atomic mass is 32.2. The van der Waals surface area contributed by atoms with Gasteiger partial charge in [-0.2, -0.15) is 0 Å². The van der Waals surface area contributed by atoms with E-state index in [0.717, 1.165) is 67.2 Å². The molecule has 1 aliphatic heterocycles. The van der Waals surface area contributed by atoms with Gasteiger partial charge in [0, 0.05) is 29.1 Å². The van der Waals surface area contributed by atoms with Crippen molar-refractivity contribution in [1.29, 1.82) is 0 Å². The summed E-state index contributed by atoms with van der Waals surface area (Å²) >= 11 is 0. The Labute approximate surface area is 254 Å². The number of anilines is 3. The first-order chi connectivity index (χ1) is 21.1. The number of nitrogens with zero attached hydrogens (tertiary/aromatic N) is 3. The Balaban J connectivity index is 0.00000141. The maximum Gasteiger partial charge on any atom is 0.290 e. The number of rotatable bonds is 9. The van der Waals surface area contributed by atoms with Crippen molar-refractivity contribution in [3.8, 4) is 17.0 Å². The SMILES string of the molecule is Cc1cc(-c2cc(Nc3ccc(NS(=O)(=O)c4ccc(F)cc4F)cc3)ncn2)ccc1OCC1CCN(C)CC1.O=CO. The zero-order chi connectivity index (χ0) is 31.7. The minimum absolute atomic E-state index is 0.219. The number of carbonyl (C=O) groups is 1. The van der Waals surface area contributed by atoms with Crippen molar-refractivity contribution in [2.75, 3.05) is 36.8 Å². The van der Waals surface area contributed by atoms with E-state index in [0.29, 0.717) is 23.5 Å². The molecule has 4 aromatic rings. The molecule has 1 aromatic heterocycles. The van der Waals surface area contributed by atoms with Crippen molar-refractivity contribution in [1.82, 2.24) is 14.9 Å². The third-order valence-corrected chi connectivity index (χ3v) is 8.46. The van der Waals surface area contributed by atoms with Gasteiger partial charge in [0.05, 0.1) is 12.3 Å². The predicted octanol–water partition coefficient (Wildman–Crippen LogP) is 5.70. The summed E-state index contributed by atoms with van der Waals surface area (Å²) in [5.74, 6) is -0.0209. The predicted molar refractivity (Wildman–Crippen MR) is 164 cm³/mol. The normalized spacial score (nSPS) is 13.8. The minimum atomic E-state index is -4.23. The number of aryl methyl sites for hydroxylation is 1. The van der Waals surface area contributed by atoms with Crippen LogP contribution in [0.3, 0.4) is 0 Å². The molecule has 0 saturated carbocycles. The average Bonchev–Trinajstić information content (AvgIpc) is 2.98. The lowest BCUT2D eigenvalue weighted by Crippen LogP contribution is -2.32. The number of benzene rings is 3. The van der Waals surface area contributed by atoms with Gasteiger partial charge in [0.25, 0.3) is 16.5 Å². The topological polar surface area (TPSA) is 134 Å². The van der Waals surface area contributed by atoms with Crippen molar-refractivity contribution in [2.24, 2.45) is 5.92 Å². The Morgan fingerprint density at radius 3 is 2.34 bits per heavy atom. The Morgan fingerprint density at radius 1 is 1.00 bits per heavy atom. The van der Waals surface area contributed by atoms with E-state index >= 15 is 0 Å². The summed E-state index contributed by atoms with van der Waals surface area (Å²) < 4.78 is 60.6. The van der Waals surface area contributed by atoms with Gasteiger partial charge in [-0.1, -0.05) is 0 Å². The maximum atomic E-state index is 14.0. The van der Waals surface area contributed by atoms with E-state index < -0.39 is 26.6 Å². The summed E-state index contributed by atoms with van der Waals surface area (Å²) in [6.07, 6.45) is 3.77. The third-order valence-electron chi connectivity index (χ3n) is 7.04. The largest absolute Gasteiger partial charge is 0.493 e. The van der Waals surface area contributed by atoms with Gasteiger partial charge < -0.3 is 20.1 Å². The third kappa shape index (κ3) is 8.71. The van der Waals surface area contributed by atoms with Gasteiger partial charge in [0.2, 0.25) is 0 Å². The zero-order valence-electron chi connectivity index (χ0n) is 24.2. The Kier molecular flexibility index (Phi) is 10.8. The van der Waals surface area contributed by atoms with Crippen LogP contribution in [0.25, 0.3) is 11.3 Å². The lowest BCUT2D eigenvalue weighted by Gasteiger charge is -2.28. The number of carboxylic acid groups (broad SMARTS) is 1. The monoisotopic (exact) mass is 625 g/mol. The molecule has 5 rings (SSSR count). The van der Waals surface area contributed by atoms with Gasteiger partial charge in [0.15, 0.2) is 0 Å². The van der Waals surface area contributed by atoms with Gasteiger partial charge in [-0.25, -0.2) is 27.2 Å². The number of likely N-dealkylation sites (tertiary alicyclic amines) is 1. The molecular formula is C31H33F2N5O5S. The molecule has 1 saturated heterocycles. The molecule has 0 amide bonds. The molecule has 10 nitrogen and oxygen atoms in total. The van der Waals surface area contributed by atoms with Crippen LogP contribution < -0.4 is 14.8 Å². The van der Waals surface area contributed by atoms with Crippen molar-refractivity contribution in [2.45, 2.75) is 24.7 Å². The highest BCUT2D eigenvalue weighted by molar-refractivity contribution is 7.92. The highest BCUT2D eigenvalue weighted by Gasteiger charge is 2.20. The van der Waals surface area contributed by atoms with E-state index in [2.05, 4.69) is 32.0 Å². The van der Waals surface area contributed by atoms with Crippen LogP contribution in [0.1, 0.15) is 18.4 Å². The fourth-order valence-electron chi connectivity index (χ4n) is 4.66. The Morgan fingerprint density at radius 2 is 1.68 bits per heavy atom. The molecule has 0 unspecified atom stereocenters. The molecule has 3 N–H and O–H groups in total. The number of hydrogen-bond acceptors (Lipinski definition) is 8. The van der Waals surface area contributed by atoms with E-state index in [9.17, 15) is 17.2 Å². The molecule has 1 aliphatic rings. The van der Waals surface area contributed by atoms with Crippen LogP contribution in [0.4, 0.5) is 26.0 Å². The number of nitrogens with one attached hydrogen (secondary N) is 2. The quantitative estimate of drug-likeness (QED) is 0.200. The second kappa shape index (κ2) is 14.7. The Hall–Kier alpha value is -4.62. The number of piperidine rings is 1. The van der Waals surface area contributed by atoms with Crippen LogP contribution in [0.2, 0.25) is 0 Å². The summed E-state index contributed by atoms with van der Waals surface area (Å²) in [4.78, 5) is 18.8. The molecule has 3 aromatic carbocycles. The van der Waals surface area contributed by atoms with E-state index in [-0.39, 0.29) is 12.2 Å². The minimum Gasteiger partial charge on any atom is -0.493 e. The first-order valence-electron chi connectivity index (χ1n) is 13.7. The molecular weight excluding hydrogens is 592 g/mol. The summed E-state index contributed by atoms with van der Waals surface area (Å²) in [5.41, 5.74) is 3.56. The maximum absolute atomic E-state index is 14.0. The van der Waals surface area contributed by atoms with Gasteiger partial charge >= 0.3 is 0 Å². The van der Waals surface area contributed by atoms with Crippen molar-refractivity contribution >= 4 is 33.7 Å². The van der Waals surface area contributed by atoms with Crippen LogP contribution >= 0.6 is 0 Å². The van der Waals surface area contributed by atoms with Crippen LogP contribution in [0.5, 0.6) is 5.75 Å². The first-order valence-corrected chi connectivity index (χ1v) is 15.2. The molecule has 232 valence electrons. The molecule has 0 atom stereocenters. The standard InChI is InChI=1S/C30H31F2N5O3S.CH2O2/c1-20-15-22(3-9-28(20)40-18-21-11-13-37(2)14-12-21)27-17-30(34-19-33-27)35-24-5-7-25(8-6-24)36-41(38,39)29-10-4-23(31)16-26(29)32;2-1-3/h3-10,15-17,19,21,36H,11-14,18H2,1-2H3,(H,33,34,35);1H,(H,2,3). The van der Waals surface area contributed by atoms with Crippen LogP contribution in [-0.4, -0.2) is 61.6 Å². The molecule has 44 heavy (non-hydrogen) atoms. The molecule has 0 aliphatic carbocycles. The van der Waals surface area contributed by atoms with Crippen molar-refractivity contribution < 1.29 is 31.8 Å². The summed E-state index contributed by atoms with van der Waals surface area (Å²) in [6, 6.07) is 16.5. The molecule has 0 radical (unpaired) electrons. The molecule has 2 heterocycles. The van der Waals surface area contributed by atoms with Gasteiger partial charge in [-0.3, -0.25) is 9.52 Å². The molecule has 0 bridgehead atoms. The Bertz CT molecular complexity index is 1680. The lowest BCUT2D eigenvalue weighted by atomic mass is 9.98. The second-order valence-electron chi connectivity index (χ2n) is 10.3. The zero-order valence-corrected chi connectivity index (χ0v) is 25.0. The van der Waals surface area contributed by atoms with Gasteiger partial charge in [-0.15, -0.1) is 0 Å². The van der Waals surface area contributed by atoms with Gasteiger partial charge in [-0.05, 0) is 106 Å². The van der Waals surface area contributed by atoms with Crippen molar-refractivity contribution in [3.05, 3.63) is 90.3 Å². The highest BCUT2D eigenvalue weighted by Crippen LogP contribution is 2.28. The first kappa shape index (κ1) is 32.3. The van der Waals surface area contributed by atoms with E-state index in [1.54, 1.807) is 12.1 Å². The van der Waals surface area contributed by atoms with Gasteiger partial charge in [0.1, 0.15) is 34.4 Å². The number of ether oxygens (including phenoxy) is 1. The number of halogens is 2. The van der Waals surface area contributed by atoms with Crippen LogP contribution in [0.15, 0.2) is 78.0 Å². The van der Waals surface area contributed by atoms with E-state index in [1.807, 2.05) is 31.2 Å². The molecule has 0 spiro atoms. The fraction of sp³-hybridized carbons (Fsp3) is 0.258. The molecule has 13 heteroatoms.